The van der Waals surface area contributed by atoms with Gasteiger partial charge in [-0.1, -0.05) is 12.1 Å². The van der Waals surface area contributed by atoms with Crippen molar-refractivity contribution in [3.05, 3.63) is 59.2 Å². The van der Waals surface area contributed by atoms with Crippen LogP contribution in [0, 0.1) is 0 Å². The molecule has 0 atom stereocenters. The molecule has 0 amide bonds. The second kappa shape index (κ2) is 6.71. The molecule has 1 heterocycles. The first-order valence-corrected chi connectivity index (χ1v) is 9.42. The third-order valence-corrected chi connectivity index (χ3v) is 5.34. The summed E-state index contributed by atoms with van der Waals surface area (Å²) in [4.78, 5) is 11.0. The lowest BCUT2D eigenvalue weighted by molar-refractivity contribution is -0.180. The van der Waals surface area contributed by atoms with Gasteiger partial charge in [-0.2, -0.15) is 0 Å². The van der Waals surface area contributed by atoms with Crippen LogP contribution in [-0.4, -0.2) is 25.3 Å². The fourth-order valence-corrected chi connectivity index (χ4v) is 3.58. The first-order valence-electron chi connectivity index (χ1n) is 7.94. The van der Waals surface area contributed by atoms with E-state index >= 15 is 0 Å². The Labute approximate surface area is 151 Å². The smallest absolute Gasteiger partial charge is 0.335 e. The summed E-state index contributed by atoms with van der Waals surface area (Å²) in [7, 11) is -3.72. The van der Waals surface area contributed by atoms with Crippen molar-refractivity contribution in [3.8, 4) is 5.75 Å². The molecule has 0 fully saturated rings. The number of nitrogens with one attached hydrogen (secondary N) is 1. The molecule has 0 saturated carbocycles. The summed E-state index contributed by atoms with van der Waals surface area (Å²) >= 11 is 0. The molecular weight excluding hydrogens is 358 g/mol. The van der Waals surface area contributed by atoms with E-state index in [4.69, 9.17) is 14.6 Å². The second-order valence-electron chi connectivity index (χ2n) is 6.39. The van der Waals surface area contributed by atoms with Gasteiger partial charge in [0.25, 0.3) is 0 Å². The van der Waals surface area contributed by atoms with Crippen molar-refractivity contribution in [1.82, 2.24) is 4.72 Å². The largest absolute Gasteiger partial charge is 0.478 e. The maximum absolute atomic E-state index is 12.5. The number of carbonyl (C=O) groups is 1. The van der Waals surface area contributed by atoms with Gasteiger partial charge in [-0.3, -0.25) is 0 Å². The zero-order valence-electron chi connectivity index (χ0n) is 14.4. The van der Waals surface area contributed by atoms with E-state index in [0.29, 0.717) is 16.9 Å². The van der Waals surface area contributed by atoms with Crippen LogP contribution >= 0.6 is 0 Å². The summed E-state index contributed by atoms with van der Waals surface area (Å²) in [6.07, 6.45) is 0. The Kier molecular flexibility index (Phi) is 4.74. The van der Waals surface area contributed by atoms with Gasteiger partial charge in [0.1, 0.15) is 5.75 Å². The van der Waals surface area contributed by atoms with Gasteiger partial charge in [0.05, 0.1) is 17.1 Å². The molecular formula is C18H19NO6S. The highest BCUT2D eigenvalue weighted by Crippen LogP contribution is 2.32. The highest BCUT2D eigenvalue weighted by Gasteiger charge is 2.28. The van der Waals surface area contributed by atoms with E-state index in [1.54, 1.807) is 32.0 Å². The van der Waals surface area contributed by atoms with E-state index in [1.165, 1.54) is 24.3 Å². The third kappa shape index (κ3) is 4.04. The topological polar surface area (TPSA) is 102 Å². The van der Waals surface area contributed by atoms with Crippen molar-refractivity contribution < 1.29 is 27.8 Å². The normalized spacial score (nSPS) is 15.8. The Balaban J connectivity index is 1.73. The van der Waals surface area contributed by atoms with E-state index in [2.05, 4.69) is 4.72 Å². The van der Waals surface area contributed by atoms with Crippen molar-refractivity contribution >= 4 is 16.0 Å². The van der Waals surface area contributed by atoms with Crippen molar-refractivity contribution in [1.29, 1.82) is 0 Å². The van der Waals surface area contributed by atoms with E-state index < -0.39 is 21.8 Å². The fraction of sp³-hybridized carbons (Fsp3) is 0.278. The van der Waals surface area contributed by atoms with E-state index in [-0.39, 0.29) is 23.6 Å². The highest BCUT2D eigenvalue weighted by molar-refractivity contribution is 7.89. The number of rotatable bonds is 5. The van der Waals surface area contributed by atoms with Gasteiger partial charge in [-0.05, 0) is 35.9 Å². The van der Waals surface area contributed by atoms with Gasteiger partial charge in [-0.15, -0.1) is 0 Å². The van der Waals surface area contributed by atoms with Gasteiger partial charge in [-0.25, -0.2) is 17.9 Å². The minimum Gasteiger partial charge on any atom is -0.478 e. The summed E-state index contributed by atoms with van der Waals surface area (Å²) in [6.45, 7) is 3.90. The molecule has 0 saturated heterocycles. The van der Waals surface area contributed by atoms with Crippen LogP contribution in [0.4, 0.5) is 0 Å². The van der Waals surface area contributed by atoms with Gasteiger partial charge in [0.2, 0.25) is 15.8 Å². The van der Waals surface area contributed by atoms with Crippen LogP contribution in [0.15, 0.2) is 47.4 Å². The average molecular weight is 377 g/mol. The Hall–Kier alpha value is -2.42. The molecule has 3 rings (SSSR count). The van der Waals surface area contributed by atoms with Crippen molar-refractivity contribution in [2.45, 2.75) is 37.7 Å². The number of fused-ring (bicyclic) bond motifs is 1. The summed E-state index contributed by atoms with van der Waals surface area (Å²) in [6, 6.07) is 10.6. The van der Waals surface area contributed by atoms with Crippen LogP contribution in [0.25, 0.3) is 0 Å². The lowest BCUT2D eigenvalue weighted by Gasteiger charge is -2.32. The van der Waals surface area contributed by atoms with E-state index in [9.17, 15) is 13.2 Å². The maximum atomic E-state index is 12.5. The standard InChI is InChI=1S/C18H19NO6S/c1-18(2)24-11-14-9-15(7-8-16(14)25-18)26(22,23)19-10-12-3-5-13(6-4-12)17(20)21/h3-9,19H,10-11H2,1-2H3,(H,20,21). The Morgan fingerprint density at radius 3 is 2.54 bits per heavy atom. The second-order valence-corrected chi connectivity index (χ2v) is 8.15. The molecule has 1 aliphatic heterocycles. The van der Waals surface area contributed by atoms with Crippen LogP contribution in [0.5, 0.6) is 5.75 Å². The van der Waals surface area contributed by atoms with Crippen LogP contribution in [0.2, 0.25) is 0 Å². The SMILES string of the molecule is CC1(C)OCc2cc(S(=O)(=O)NCc3ccc(C(=O)O)cc3)ccc2O1. The zero-order chi connectivity index (χ0) is 18.9. The first-order chi connectivity index (χ1) is 12.2. The molecule has 0 unspecified atom stereocenters. The summed E-state index contributed by atoms with van der Waals surface area (Å²) < 4.78 is 38.7. The Morgan fingerprint density at radius 1 is 1.19 bits per heavy atom. The monoisotopic (exact) mass is 377 g/mol. The molecule has 8 heteroatoms. The van der Waals surface area contributed by atoms with Crippen LogP contribution in [-0.2, 0) is 27.9 Å². The summed E-state index contributed by atoms with van der Waals surface area (Å²) in [5.74, 6) is -1.17. The molecule has 0 aliphatic carbocycles. The number of carboxylic acids is 1. The Bertz CT molecular complexity index is 935. The average Bonchev–Trinajstić information content (AvgIpc) is 2.59. The molecule has 26 heavy (non-hydrogen) atoms. The third-order valence-electron chi connectivity index (χ3n) is 3.94. The van der Waals surface area contributed by atoms with Crippen LogP contribution in [0.3, 0.4) is 0 Å². The number of ether oxygens (including phenoxy) is 2. The quantitative estimate of drug-likeness (QED) is 0.830. The first kappa shape index (κ1) is 18.4. The molecule has 0 radical (unpaired) electrons. The van der Waals surface area contributed by atoms with Gasteiger partial charge >= 0.3 is 5.97 Å². The van der Waals surface area contributed by atoms with Crippen LogP contribution in [0.1, 0.15) is 35.3 Å². The summed E-state index contributed by atoms with van der Waals surface area (Å²) in [5, 5.41) is 8.88. The number of aromatic carboxylic acids is 1. The lowest BCUT2D eigenvalue weighted by atomic mass is 10.1. The molecule has 2 aromatic rings. The fourth-order valence-electron chi connectivity index (χ4n) is 2.51. The molecule has 2 aromatic carbocycles. The lowest BCUT2D eigenvalue weighted by Crippen LogP contribution is -2.35. The molecule has 0 spiro atoms. The van der Waals surface area contributed by atoms with Gasteiger partial charge < -0.3 is 14.6 Å². The minimum atomic E-state index is -3.72. The van der Waals surface area contributed by atoms with Crippen molar-refractivity contribution in [3.63, 3.8) is 0 Å². The molecule has 0 bridgehead atoms. The van der Waals surface area contributed by atoms with Crippen LogP contribution < -0.4 is 9.46 Å². The predicted molar refractivity (Wildman–Crippen MR) is 93.4 cm³/mol. The molecule has 7 nitrogen and oxygen atoms in total. The summed E-state index contributed by atoms with van der Waals surface area (Å²) in [5.41, 5.74) is 1.47. The molecule has 138 valence electrons. The molecule has 1 aliphatic rings. The number of carboxylic acid groups (broad SMARTS) is 1. The van der Waals surface area contributed by atoms with E-state index in [1.807, 2.05) is 0 Å². The molecule has 2 N–H and O–H groups in total. The van der Waals surface area contributed by atoms with Crippen molar-refractivity contribution in [2.24, 2.45) is 0 Å². The molecule has 0 aromatic heterocycles. The highest BCUT2D eigenvalue weighted by atomic mass is 32.2. The van der Waals surface area contributed by atoms with Gasteiger partial charge in [0, 0.05) is 26.0 Å². The minimum absolute atomic E-state index is 0.0549. The predicted octanol–water partition coefficient (Wildman–Crippen LogP) is 2.51. The van der Waals surface area contributed by atoms with E-state index in [0.717, 1.165) is 0 Å². The number of hydrogen-bond acceptors (Lipinski definition) is 5. The Morgan fingerprint density at radius 2 is 1.88 bits per heavy atom. The number of sulfonamides is 1. The number of benzene rings is 2. The number of hydrogen-bond donors (Lipinski definition) is 2. The zero-order valence-corrected chi connectivity index (χ0v) is 15.2. The van der Waals surface area contributed by atoms with Gasteiger partial charge in [0.15, 0.2) is 0 Å². The maximum Gasteiger partial charge on any atom is 0.335 e. The van der Waals surface area contributed by atoms with Crippen molar-refractivity contribution in [2.75, 3.05) is 0 Å².